The van der Waals surface area contributed by atoms with Gasteiger partial charge in [-0.3, -0.25) is 4.79 Å². The third-order valence-corrected chi connectivity index (χ3v) is 2.56. The van der Waals surface area contributed by atoms with E-state index in [1.807, 2.05) is 0 Å². The summed E-state index contributed by atoms with van der Waals surface area (Å²) < 4.78 is 18.3. The molecular formula is C13H13FN2O2. The van der Waals surface area contributed by atoms with Gasteiger partial charge in [0.05, 0.1) is 0 Å². The van der Waals surface area contributed by atoms with Crippen LogP contribution < -0.4 is 0 Å². The highest BCUT2D eigenvalue weighted by atomic mass is 19.1. The van der Waals surface area contributed by atoms with Crippen LogP contribution in [-0.2, 0) is 6.54 Å². The largest absolute Gasteiger partial charge is 0.361 e. The first kappa shape index (κ1) is 12.3. The first-order valence-electron chi connectivity index (χ1n) is 5.50. The lowest BCUT2D eigenvalue weighted by atomic mass is 10.2. The van der Waals surface area contributed by atoms with Crippen LogP contribution in [0.15, 0.2) is 34.9 Å². The molecule has 0 fully saturated rings. The van der Waals surface area contributed by atoms with Crippen molar-refractivity contribution in [3.63, 3.8) is 0 Å². The van der Waals surface area contributed by atoms with E-state index in [0.717, 1.165) is 0 Å². The lowest BCUT2D eigenvalue weighted by Gasteiger charge is -2.15. The fourth-order valence-corrected chi connectivity index (χ4v) is 1.62. The Kier molecular flexibility index (Phi) is 3.41. The van der Waals surface area contributed by atoms with E-state index < -0.39 is 0 Å². The van der Waals surface area contributed by atoms with Crippen LogP contribution >= 0.6 is 0 Å². The van der Waals surface area contributed by atoms with Crippen LogP contribution in [0, 0.1) is 12.7 Å². The van der Waals surface area contributed by atoms with E-state index in [-0.39, 0.29) is 24.0 Å². The zero-order valence-electron chi connectivity index (χ0n) is 10.2. The molecule has 4 nitrogen and oxygen atoms in total. The fourth-order valence-electron chi connectivity index (χ4n) is 1.62. The van der Waals surface area contributed by atoms with Gasteiger partial charge in [-0.2, -0.15) is 0 Å². The van der Waals surface area contributed by atoms with Gasteiger partial charge in [-0.15, -0.1) is 0 Å². The molecule has 18 heavy (non-hydrogen) atoms. The molecule has 2 aromatic rings. The zero-order valence-corrected chi connectivity index (χ0v) is 10.2. The van der Waals surface area contributed by atoms with Crippen molar-refractivity contribution >= 4 is 5.91 Å². The number of carbonyl (C=O) groups excluding carboxylic acids is 1. The molecule has 0 saturated carbocycles. The number of carbonyl (C=O) groups is 1. The molecule has 0 aliphatic rings. The van der Waals surface area contributed by atoms with Crippen molar-refractivity contribution in [2.24, 2.45) is 0 Å². The Hall–Kier alpha value is -2.17. The number of halogens is 1. The third kappa shape index (κ3) is 2.56. The van der Waals surface area contributed by atoms with Gasteiger partial charge in [0.2, 0.25) is 0 Å². The summed E-state index contributed by atoms with van der Waals surface area (Å²) in [5.74, 6) is -0.0544. The minimum absolute atomic E-state index is 0.192. The molecule has 94 valence electrons. The van der Waals surface area contributed by atoms with E-state index in [2.05, 4.69) is 5.16 Å². The van der Waals surface area contributed by atoms with Crippen LogP contribution in [0.2, 0.25) is 0 Å². The minimum Gasteiger partial charge on any atom is -0.361 e. The SMILES string of the molecule is Cc1cc(C(=O)N(C)Cc2ccccc2F)no1. The van der Waals surface area contributed by atoms with E-state index >= 15 is 0 Å². The Bertz CT molecular complexity index is 566. The predicted octanol–water partition coefficient (Wildman–Crippen LogP) is 2.39. The van der Waals surface area contributed by atoms with Crippen molar-refractivity contribution in [1.29, 1.82) is 0 Å². The summed E-state index contributed by atoms with van der Waals surface area (Å²) in [5, 5.41) is 3.64. The zero-order chi connectivity index (χ0) is 13.1. The van der Waals surface area contributed by atoms with Gasteiger partial charge in [-0.1, -0.05) is 23.4 Å². The standard InChI is InChI=1S/C13H13FN2O2/c1-9-7-12(15-18-9)13(17)16(2)8-10-5-3-4-6-11(10)14/h3-7H,8H2,1-2H3. The molecule has 0 bridgehead atoms. The maximum Gasteiger partial charge on any atom is 0.276 e. The summed E-state index contributed by atoms with van der Waals surface area (Å²) in [5.41, 5.74) is 0.694. The Balaban J connectivity index is 2.11. The molecule has 1 amide bonds. The summed E-state index contributed by atoms with van der Waals surface area (Å²) in [6.45, 7) is 1.90. The molecule has 1 aromatic heterocycles. The van der Waals surface area contributed by atoms with Gasteiger partial charge >= 0.3 is 0 Å². The molecule has 5 heteroatoms. The number of hydrogen-bond donors (Lipinski definition) is 0. The van der Waals surface area contributed by atoms with Gasteiger partial charge in [-0.05, 0) is 13.0 Å². The third-order valence-electron chi connectivity index (χ3n) is 2.56. The average molecular weight is 248 g/mol. The summed E-state index contributed by atoms with van der Waals surface area (Å²) in [7, 11) is 1.60. The van der Waals surface area contributed by atoms with Gasteiger partial charge in [0.25, 0.3) is 5.91 Å². The molecule has 0 atom stereocenters. The first-order valence-corrected chi connectivity index (χ1v) is 5.50. The van der Waals surface area contributed by atoms with Crippen molar-refractivity contribution < 1.29 is 13.7 Å². The lowest BCUT2D eigenvalue weighted by Crippen LogP contribution is -2.26. The van der Waals surface area contributed by atoms with Crippen molar-refractivity contribution in [2.75, 3.05) is 7.05 Å². The predicted molar refractivity (Wildman–Crippen MR) is 63.4 cm³/mol. The van der Waals surface area contributed by atoms with Gasteiger partial charge in [0.1, 0.15) is 11.6 Å². The normalized spacial score (nSPS) is 10.4. The van der Waals surface area contributed by atoms with Crippen LogP contribution in [0.4, 0.5) is 4.39 Å². The van der Waals surface area contributed by atoms with Crippen molar-refractivity contribution in [3.8, 4) is 0 Å². The molecule has 0 saturated heterocycles. The smallest absolute Gasteiger partial charge is 0.276 e. The summed E-state index contributed by atoms with van der Waals surface area (Å²) in [4.78, 5) is 13.4. The molecular weight excluding hydrogens is 235 g/mol. The van der Waals surface area contributed by atoms with E-state index in [4.69, 9.17) is 4.52 Å². The van der Waals surface area contributed by atoms with Gasteiger partial charge in [0.15, 0.2) is 5.69 Å². The molecule has 0 radical (unpaired) electrons. The highest BCUT2D eigenvalue weighted by Crippen LogP contribution is 2.11. The number of aryl methyl sites for hydroxylation is 1. The molecule has 1 aromatic carbocycles. The molecule has 0 unspecified atom stereocenters. The second kappa shape index (κ2) is 5.00. The highest BCUT2D eigenvalue weighted by Gasteiger charge is 2.17. The molecule has 2 rings (SSSR count). The Morgan fingerprint density at radius 3 is 2.78 bits per heavy atom. The minimum atomic E-state index is -0.325. The van der Waals surface area contributed by atoms with E-state index in [1.165, 1.54) is 11.0 Å². The second-order valence-corrected chi connectivity index (χ2v) is 4.08. The van der Waals surface area contributed by atoms with Crippen molar-refractivity contribution in [3.05, 3.63) is 53.2 Å². The van der Waals surface area contributed by atoms with Crippen LogP contribution in [0.25, 0.3) is 0 Å². The lowest BCUT2D eigenvalue weighted by molar-refractivity contribution is 0.0773. The average Bonchev–Trinajstić information content (AvgIpc) is 2.78. The number of rotatable bonds is 3. The first-order chi connectivity index (χ1) is 8.58. The maximum absolute atomic E-state index is 13.4. The van der Waals surface area contributed by atoms with E-state index in [9.17, 15) is 9.18 Å². The van der Waals surface area contributed by atoms with Crippen LogP contribution in [0.5, 0.6) is 0 Å². The maximum atomic E-state index is 13.4. The van der Waals surface area contributed by atoms with Crippen LogP contribution in [-0.4, -0.2) is 23.0 Å². The van der Waals surface area contributed by atoms with Gasteiger partial charge in [-0.25, -0.2) is 4.39 Å². The second-order valence-electron chi connectivity index (χ2n) is 4.08. The highest BCUT2D eigenvalue weighted by molar-refractivity contribution is 5.92. The number of aromatic nitrogens is 1. The number of amides is 1. The molecule has 0 N–H and O–H groups in total. The molecule has 1 heterocycles. The van der Waals surface area contributed by atoms with Gasteiger partial charge in [0, 0.05) is 25.2 Å². The van der Waals surface area contributed by atoms with Gasteiger partial charge < -0.3 is 9.42 Å². The summed E-state index contributed by atoms with van der Waals surface area (Å²) >= 11 is 0. The van der Waals surface area contributed by atoms with Crippen molar-refractivity contribution in [1.82, 2.24) is 10.1 Å². The van der Waals surface area contributed by atoms with E-state index in [0.29, 0.717) is 11.3 Å². The fraction of sp³-hybridized carbons (Fsp3) is 0.231. The van der Waals surface area contributed by atoms with Crippen LogP contribution in [0.3, 0.4) is 0 Å². The Morgan fingerprint density at radius 2 is 2.17 bits per heavy atom. The molecule has 0 aliphatic heterocycles. The van der Waals surface area contributed by atoms with Crippen molar-refractivity contribution in [2.45, 2.75) is 13.5 Å². The summed E-state index contributed by atoms with van der Waals surface area (Å²) in [6.07, 6.45) is 0. The Labute approximate surface area is 104 Å². The van der Waals surface area contributed by atoms with E-state index in [1.54, 1.807) is 38.2 Å². The number of hydrogen-bond acceptors (Lipinski definition) is 3. The Morgan fingerprint density at radius 1 is 1.44 bits per heavy atom. The molecule has 0 spiro atoms. The van der Waals surface area contributed by atoms with Crippen LogP contribution in [0.1, 0.15) is 21.8 Å². The number of benzene rings is 1. The molecule has 0 aliphatic carbocycles. The summed E-state index contributed by atoms with van der Waals surface area (Å²) in [6, 6.07) is 7.92. The number of nitrogens with zero attached hydrogens (tertiary/aromatic N) is 2. The quantitative estimate of drug-likeness (QED) is 0.837. The monoisotopic (exact) mass is 248 g/mol. The topological polar surface area (TPSA) is 46.3 Å².